The Balaban J connectivity index is 1.40. The highest BCUT2D eigenvalue weighted by Crippen LogP contribution is 2.28. The van der Waals surface area contributed by atoms with Crippen molar-refractivity contribution in [2.45, 2.75) is 19.6 Å². The number of phenolic OH excluding ortho intramolecular Hbond substituents is 1. The van der Waals surface area contributed by atoms with Crippen molar-refractivity contribution in [3.8, 4) is 11.5 Å². The van der Waals surface area contributed by atoms with Crippen molar-refractivity contribution >= 4 is 23.8 Å². The van der Waals surface area contributed by atoms with Crippen LogP contribution in [-0.4, -0.2) is 53.5 Å². The molecule has 11 nitrogen and oxygen atoms in total. The molecule has 11 heteroatoms. The van der Waals surface area contributed by atoms with Crippen molar-refractivity contribution in [2.75, 3.05) is 19.8 Å². The summed E-state index contributed by atoms with van der Waals surface area (Å²) in [7, 11) is 0. The van der Waals surface area contributed by atoms with E-state index in [1.165, 1.54) is 23.1 Å². The lowest BCUT2D eigenvalue weighted by Crippen LogP contribution is -2.30. The van der Waals surface area contributed by atoms with Crippen molar-refractivity contribution in [1.82, 2.24) is 15.7 Å². The predicted molar refractivity (Wildman–Crippen MR) is 111 cm³/mol. The number of ketones is 1. The van der Waals surface area contributed by atoms with Gasteiger partial charge in [0.05, 0.1) is 18.7 Å². The number of phenols is 1. The first-order chi connectivity index (χ1) is 15.9. The first-order valence-corrected chi connectivity index (χ1v) is 10.1. The van der Waals surface area contributed by atoms with Gasteiger partial charge in [0.25, 0.3) is 5.91 Å². The lowest BCUT2D eigenvalue weighted by atomic mass is 10.0. The second kappa shape index (κ2) is 9.17. The van der Waals surface area contributed by atoms with E-state index < -0.39 is 24.0 Å². The first-order valence-electron chi connectivity index (χ1n) is 10.1. The fourth-order valence-electron chi connectivity index (χ4n) is 3.59. The Hall–Kier alpha value is -4.12. The number of esters is 1. The van der Waals surface area contributed by atoms with Crippen LogP contribution in [0.15, 0.2) is 36.4 Å². The van der Waals surface area contributed by atoms with Gasteiger partial charge in [0.2, 0.25) is 0 Å². The number of hydrogen-bond donors (Lipinski definition) is 3. The molecule has 2 heterocycles. The Morgan fingerprint density at radius 1 is 1.21 bits per heavy atom. The van der Waals surface area contributed by atoms with E-state index in [4.69, 9.17) is 9.47 Å². The molecule has 2 amide bonds. The van der Waals surface area contributed by atoms with Crippen LogP contribution in [0.4, 0.5) is 4.79 Å². The van der Waals surface area contributed by atoms with Crippen LogP contribution in [0.25, 0.3) is 0 Å². The number of aromatic hydroxyl groups is 1. The molecule has 2 aromatic rings. The third-order valence-corrected chi connectivity index (χ3v) is 5.14. The molecule has 0 aromatic heterocycles. The van der Waals surface area contributed by atoms with Crippen molar-refractivity contribution < 1.29 is 38.6 Å². The standard InChI is InChI=1S/C22H21N3O8/c1-2-31-19(28)11-32-14-4-6-16(17(26)8-14)18(27)10-25-9-13-7-12(3-5-15(13)21(25)29)20-23-22(30)33-24-20/h3-8,20,24,26H,2,9-11H2,1H3,(H,23,30). The Bertz CT molecular complexity index is 1130. The van der Waals surface area contributed by atoms with Crippen molar-refractivity contribution in [3.05, 3.63) is 58.7 Å². The Labute approximate surface area is 188 Å². The predicted octanol–water partition coefficient (Wildman–Crippen LogP) is 1.42. The molecule has 2 aliphatic heterocycles. The summed E-state index contributed by atoms with van der Waals surface area (Å²) in [5.74, 6) is -1.44. The van der Waals surface area contributed by atoms with Gasteiger partial charge in [0.1, 0.15) is 17.7 Å². The van der Waals surface area contributed by atoms with Gasteiger partial charge in [0.15, 0.2) is 12.4 Å². The molecule has 4 rings (SSSR count). The zero-order valence-electron chi connectivity index (χ0n) is 17.6. The van der Waals surface area contributed by atoms with E-state index in [1.54, 1.807) is 25.1 Å². The second-order valence-corrected chi connectivity index (χ2v) is 7.36. The average molecular weight is 455 g/mol. The van der Waals surface area contributed by atoms with Crippen LogP contribution in [0.3, 0.4) is 0 Å². The Morgan fingerprint density at radius 2 is 2.03 bits per heavy atom. The number of fused-ring (bicyclic) bond motifs is 1. The third-order valence-electron chi connectivity index (χ3n) is 5.14. The van der Waals surface area contributed by atoms with Crippen molar-refractivity contribution in [2.24, 2.45) is 0 Å². The smallest absolute Gasteiger partial charge is 0.427 e. The number of Topliss-reactive ketones (excluding diaryl/α,β-unsaturated/α-hetero) is 1. The molecule has 0 radical (unpaired) electrons. The molecule has 2 aliphatic rings. The number of hydroxylamine groups is 1. The maximum atomic E-state index is 12.8. The fraction of sp³-hybridized carbons (Fsp3) is 0.273. The van der Waals surface area contributed by atoms with Gasteiger partial charge in [-0.1, -0.05) is 6.07 Å². The number of ether oxygens (including phenoxy) is 2. The molecule has 172 valence electrons. The second-order valence-electron chi connectivity index (χ2n) is 7.36. The monoisotopic (exact) mass is 455 g/mol. The van der Waals surface area contributed by atoms with Gasteiger partial charge >= 0.3 is 12.1 Å². The highest BCUT2D eigenvalue weighted by atomic mass is 16.7. The van der Waals surface area contributed by atoms with Crippen molar-refractivity contribution in [1.29, 1.82) is 0 Å². The van der Waals surface area contributed by atoms with Crippen LogP contribution in [0.2, 0.25) is 0 Å². The molecule has 1 saturated heterocycles. The van der Waals surface area contributed by atoms with Gasteiger partial charge in [-0.2, -0.15) is 0 Å². The molecule has 3 N–H and O–H groups in total. The summed E-state index contributed by atoms with van der Waals surface area (Å²) in [6, 6.07) is 9.14. The van der Waals surface area contributed by atoms with Crippen LogP contribution < -0.4 is 15.5 Å². The summed E-state index contributed by atoms with van der Waals surface area (Å²) in [5, 5.41) is 12.8. The minimum absolute atomic E-state index is 0.0259. The average Bonchev–Trinajstić information content (AvgIpc) is 3.35. The van der Waals surface area contributed by atoms with Crippen LogP contribution in [0.1, 0.15) is 44.9 Å². The van der Waals surface area contributed by atoms with Gasteiger partial charge in [-0.3, -0.25) is 14.9 Å². The van der Waals surface area contributed by atoms with Gasteiger partial charge in [-0.05, 0) is 42.3 Å². The minimum atomic E-state index is -0.596. The summed E-state index contributed by atoms with van der Waals surface area (Å²) < 4.78 is 10.00. The molecule has 0 bridgehead atoms. The summed E-state index contributed by atoms with van der Waals surface area (Å²) >= 11 is 0. The molecule has 2 aromatic carbocycles. The Morgan fingerprint density at radius 3 is 2.73 bits per heavy atom. The number of rotatable bonds is 8. The van der Waals surface area contributed by atoms with Crippen LogP contribution in [0, 0.1) is 0 Å². The fourth-order valence-corrected chi connectivity index (χ4v) is 3.59. The maximum absolute atomic E-state index is 12.8. The molecule has 1 fully saturated rings. The summed E-state index contributed by atoms with van der Waals surface area (Å²) in [6.07, 6.45) is -1.13. The lowest BCUT2D eigenvalue weighted by Gasteiger charge is -2.15. The zero-order valence-corrected chi connectivity index (χ0v) is 17.6. The molecule has 0 aliphatic carbocycles. The van der Waals surface area contributed by atoms with E-state index >= 15 is 0 Å². The minimum Gasteiger partial charge on any atom is -0.507 e. The summed E-state index contributed by atoms with van der Waals surface area (Å²) in [6.45, 7) is 1.55. The normalized spacial score (nSPS) is 16.8. The number of hydrogen-bond acceptors (Lipinski definition) is 9. The van der Waals surface area contributed by atoms with Crippen LogP contribution in [-0.2, 0) is 20.9 Å². The van der Waals surface area contributed by atoms with E-state index in [0.717, 1.165) is 0 Å². The molecule has 0 saturated carbocycles. The lowest BCUT2D eigenvalue weighted by molar-refractivity contribution is -0.145. The van der Waals surface area contributed by atoms with E-state index in [9.17, 15) is 24.3 Å². The highest BCUT2D eigenvalue weighted by Gasteiger charge is 2.31. The Kier molecular flexibility index (Phi) is 6.13. The molecule has 0 spiro atoms. The van der Waals surface area contributed by atoms with E-state index in [0.29, 0.717) is 16.7 Å². The number of carbonyl (C=O) groups is 4. The van der Waals surface area contributed by atoms with Crippen molar-refractivity contribution in [3.63, 3.8) is 0 Å². The molecule has 33 heavy (non-hydrogen) atoms. The first kappa shape index (κ1) is 22.1. The van der Waals surface area contributed by atoms with E-state index in [-0.39, 0.29) is 49.3 Å². The van der Waals surface area contributed by atoms with Crippen LogP contribution in [0.5, 0.6) is 11.5 Å². The molecular formula is C22H21N3O8. The third kappa shape index (κ3) is 4.72. The largest absolute Gasteiger partial charge is 0.507 e. The quantitative estimate of drug-likeness (QED) is 0.398. The molecule has 1 atom stereocenters. The number of carbonyl (C=O) groups excluding carboxylic acids is 4. The van der Waals surface area contributed by atoms with Crippen LogP contribution >= 0.6 is 0 Å². The molecular weight excluding hydrogens is 434 g/mol. The highest BCUT2D eigenvalue weighted by molar-refractivity contribution is 6.05. The SMILES string of the molecule is CCOC(=O)COc1ccc(C(=O)CN2Cc3cc(C4NOC(=O)N4)ccc3C2=O)c(O)c1. The number of nitrogens with zero attached hydrogens (tertiary/aromatic N) is 1. The zero-order chi connectivity index (χ0) is 23.5. The molecule has 1 unspecified atom stereocenters. The summed E-state index contributed by atoms with van der Waals surface area (Å²) in [4.78, 5) is 54.1. The topological polar surface area (TPSA) is 144 Å². The van der Waals surface area contributed by atoms with E-state index in [1.807, 2.05) is 0 Å². The van der Waals surface area contributed by atoms with Gasteiger partial charge in [-0.15, -0.1) is 5.48 Å². The number of amides is 2. The summed E-state index contributed by atoms with van der Waals surface area (Å²) in [5.41, 5.74) is 4.45. The number of benzene rings is 2. The van der Waals surface area contributed by atoms with Gasteiger partial charge in [0, 0.05) is 18.2 Å². The van der Waals surface area contributed by atoms with Gasteiger partial charge < -0.3 is 24.3 Å². The maximum Gasteiger partial charge on any atom is 0.427 e. The van der Waals surface area contributed by atoms with E-state index in [2.05, 4.69) is 15.6 Å². The number of nitrogens with one attached hydrogen (secondary N) is 2. The van der Waals surface area contributed by atoms with Gasteiger partial charge in [-0.25, -0.2) is 9.59 Å².